The molecule has 0 fully saturated rings. The molecule has 4 nitrogen and oxygen atoms in total. The number of furan rings is 1. The van der Waals surface area contributed by atoms with Crippen LogP contribution in [0, 0.1) is 0 Å². The molecule has 0 N–H and O–H groups in total. The second-order valence-electron chi connectivity index (χ2n) is 11.0. The second-order valence-corrected chi connectivity index (χ2v) is 11.0. The number of hydrogen-bond acceptors (Lipinski definition) is 3. The maximum Gasteiger partial charge on any atom is 0.161 e. The minimum Gasteiger partial charge on any atom is -0.455 e. The maximum absolute atomic E-state index is 6.45. The third-order valence-electron chi connectivity index (χ3n) is 8.43. The van der Waals surface area contributed by atoms with Gasteiger partial charge in [-0.15, -0.1) is 0 Å². The Labute approximate surface area is 253 Å². The van der Waals surface area contributed by atoms with Crippen molar-refractivity contribution in [3.63, 3.8) is 0 Å². The van der Waals surface area contributed by atoms with Crippen LogP contribution in [0.2, 0.25) is 0 Å². The van der Waals surface area contributed by atoms with E-state index in [-0.39, 0.29) is 0 Å². The molecule has 9 aromatic rings. The molecule has 0 aliphatic rings. The molecule has 0 amide bonds. The van der Waals surface area contributed by atoms with Gasteiger partial charge < -0.3 is 8.98 Å². The summed E-state index contributed by atoms with van der Waals surface area (Å²) in [5, 5.41) is 4.47. The first kappa shape index (κ1) is 24.6. The number of nitrogens with zero attached hydrogens (tertiary/aromatic N) is 3. The molecule has 4 heteroatoms. The van der Waals surface area contributed by atoms with Crippen LogP contribution in [0.1, 0.15) is 0 Å². The summed E-state index contributed by atoms with van der Waals surface area (Å²) in [6, 6.07) is 52.4. The van der Waals surface area contributed by atoms with E-state index in [9.17, 15) is 0 Å². The summed E-state index contributed by atoms with van der Waals surface area (Å²) in [5.41, 5.74) is 9.73. The van der Waals surface area contributed by atoms with Gasteiger partial charge in [-0.3, -0.25) is 0 Å². The molecule has 0 radical (unpaired) electrons. The van der Waals surface area contributed by atoms with Gasteiger partial charge >= 0.3 is 0 Å². The van der Waals surface area contributed by atoms with Crippen molar-refractivity contribution in [2.45, 2.75) is 0 Å². The number of rotatable bonds is 4. The van der Waals surface area contributed by atoms with Gasteiger partial charge in [-0.05, 0) is 42.5 Å². The van der Waals surface area contributed by atoms with Gasteiger partial charge in [0.25, 0.3) is 0 Å². The van der Waals surface area contributed by atoms with E-state index in [0.717, 1.165) is 77.5 Å². The topological polar surface area (TPSA) is 43.9 Å². The van der Waals surface area contributed by atoms with E-state index >= 15 is 0 Å². The van der Waals surface area contributed by atoms with Crippen LogP contribution in [0.25, 0.3) is 83.3 Å². The van der Waals surface area contributed by atoms with Crippen LogP contribution in [-0.2, 0) is 0 Å². The Balaban J connectivity index is 1.35. The molecule has 206 valence electrons. The van der Waals surface area contributed by atoms with Gasteiger partial charge in [-0.1, -0.05) is 109 Å². The summed E-state index contributed by atoms with van der Waals surface area (Å²) in [7, 11) is 0. The number of benzene rings is 6. The molecule has 0 bridgehead atoms. The van der Waals surface area contributed by atoms with Gasteiger partial charge in [-0.25, -0.2) is 9.97 Å². The largest absolute Gasteiger partial charge is 0.455 e. The molecule has 0 atom stereocenters. The molecule has 0 spiro atoms. The minimum atomic E-state index is 0.677. The standard InChI is InChI=1S/C40H25N3O/c1-3-13-26(14-4-1)33-25-34(30-20-11-19-29-28-17-8-10-24-37(28)44-39(29)30)42-40(41-33)32-21-12-23-36-38(32)31-18-7-9-22-35(31)43(36)27-15-5-2-6-16-27/h1-25H. The summed E-state index contributed by atoms with van der Waals surface area (Å²) in [6.45, 7) is 0. The Morgan fingerprint density at radius 1 is 0.477 bits per heavy atom. The lowest BCUT2D eigenvalue weighted by Crippen LogP contribution is -1.97. The van der Waals surface area contributed by atoms with E-state index in [4.69, 9.17) is 14.4 Å². The van der Waals surface area contributed by atoms with Crippen molar-refractivity contribution >= 4 is 43.7 Å². The van der Waals surface area contributed by atoms with Crippen LogP contribution in [0.15, 0.2) is 156 Å². The lowest BCUT2D eigenvalue weighted by molar-refractivity contribution is 0.670. The number of hydrogen-bond donors (Lipinski definition) is 0. The van der Waals surface area contributed by atoms with Gasteiger partial charge in [0.2, 0.25) is 0 Å². The van der Waals surface area contributed by atoms with Crippen molar-refractivity contribution in [1.29, 1.82) is 0 Å². The third-order valence-corrected chi connectivity index (χ3v) is 8.43. The van der Waals surface area contributed by atoms with E-state index in [2.05, 4.69) is 120 Å². The normalized spacial score (nSPS) is 11.6. The summed E-state index contributed by atoms with van der Waals surface area (Å²) in [5.74, 6) is 0.677. The van der Waals surface area contributed by atoms with Gasteiger partial charge in [-0.2, -0.15) is 0 Å². The fourth-order valence-corrected chi connectivity index (χ4v) is 6.47. The van der Waals surface area contributed by atoms with Crippen LogP contribution in [0.3, 0.4) is 0 Å². The molecule has 0 saturated carbocycles. The molecule has 0 unspecified atom stereocenters. The van der Waals surface area contributed by atoms with E-state index in [1.807, 2.05) is 36.4 Å². The molecule has 0 saturated heterocycles. The number of para-hydroxylation sites is 4. The molecule has 0 aliphatic heterocycles. The van der Waals surface area contributed by atoms with E-state index in [0.29, 0.717) is 5.82 Å². The highest BCUT2D eigenvalue weighted by molar-refractivity contribution is 6.15. The first-order valence-corrected chi connectivity index (χ1v) is 14.8. The van der Waals surface area contributed by atoms with Crippen LogP contribution in [0.4, 0.5) is 0 Å². The Bertz CT molecular complexity index is 2490. The van der Waals surface area contributed by atoms with E-state index in [1.165, 1.54) is 0 Å². The average Bonchev–Trinajstić information content (AvgIpc) is 3.65. The monoisotopic (exact) mass is 563 g/mol. The fraction of sp³-hybridized carbons (Fsp3) is 0. The smallest absolute Gasteiger partial charge is 0.161 e. The first-order chi connectivity index (χ1) is 21.8. The third kappa shape index (κ3) is 3.78. The summed E-state index contributed by atoms with van der Waals surface area (Å²) in [6.07, 6.45) is 0. The van der Waals surface area contributed by atoms with Crippen molar-refractivity contribution in [3.05, 3.63) is 152 Å². The Kier molecular flexibility index (Phi) is 5.47. The quantitative estimate of drug-likeness (QED) is 0.214. The van der Waals surface area contributed by atoms with Crippen LogP contribution in [0.5, 0.6) is 0 Å². The number of aromatic nitrogens is 3. The molecule has 44 heavy (non-hydrogen) atoms. The Morgan fingerprint density at radius 3 is 1.98 bits per heavy atom. The predicted octanol–water partition coefficient (Wildman–Crippen LogP) is 10.5. The summed E-state index contributed by atoms with van der Waals surface area (Å²) < 4.78 is 8.77. The van der Waals surface area contributed by atoms with Crippen molar-refractivity contribution < 1.29 is 4.42 Å². The lowest BCUT2D eigenvalue weighted by Gasteiger charge is -2.11. The minimum absolute atomic E-state index is 0.677. The fourth-order valence-electron chi connectivity index (χ4n) is 6.47. The van der Waals surface area contributed by atoms with E-state index < -0.39 is 0 Å². The van der Waals surface area contributed by atoms with Crippen molar-refractivity contribution in [1.82, 2.24) is 14.5 Å². The van der Waals surface area contributed by atoms with Crippen molar-refractivity contribution in [2.75, 3.05) is 0 Å². The zero-order valence-corrected chi connectivity index (χ0v) is 23.7. The lowest BCUT2D eigenvalue weighted by atomic mass is 10.0. The zero-order chi connectivity index (χ0) is 29.0. The molecule has 0 aliphatic carbocycles. The van der Waals surface area contributed by atoms with Crippen LogP contribution in [-0.4, -0.2) is 14.5 Å². The zero-order valence-electron chi connectivity index (χ0n) is 23.7. The molecular formula is C40H25N3O. The van der Waals surface area contributed by atoms with Crippen LogP contribution < -0.4 is 0 Å². The highest BCUT2D eigenvalue weighted by atomic mass is 16.3. The molecular weight excluding hydrogens is 538 g/mol. The van der Waals surface area contributed by atoms with Gasteiger partial charge in [0, 0.05) is 43.9 Å². The predicted molar refractivity (Wildman–Crippen MR) is 180 cm³/mol. The summed E-state index contributed by atoms with van der Waals surface area (Å²) >= 11 is 0. The van der Waals surface area contributed by atoms with Gasteiger partial charge in [0.05, 0.1) is 22.4 Å². The Hall–Kier alpha value is -6.00. The summed E-state index contributed by atoms with van der Waals surface area (Å²) in [4.78, 5) is 10.5. The van der Waals surface area contributed by atoms with Gasteiger partial charge in [0.1, 0.15) is 11.2 Å². The Morgan fingerprint density at radius 2 is 1.11 bits per heavy atom. The number of fused-ring (bicyclic) bond motifs is 6. The molecule has 6 aromatic carbocycles. The first-order valence-electron chi connectivity index (χ1n) is 14.8. The molecule has 3 aromatic heterocycles. The molecule has 3 heterocycles. The highest BCUT2D eigenvalue weighted by Gasteiger charge is 2.20. The molecule has 9 rings (SSSR count). The van der Waals surface area contributed by atoms with Crippen molar-refractivity contribution in [2.24, 2.45) is 0 Å². The maximum atomic E-state index is 6.45. The average molecular weight is 564 g/mol. The highest BCUT2D eigenvalue weighted by Crippen LogP contribution is 2.40. The van der Waals surface area contributed by atoms with Gasteiger partial charge in [0.15, 0.2) is 5.82 Å². The van der Waals surface area contributed by atoms with Crippen molar-refractivity contribution in [3.8, 4) is 39.6 Å². The second kappa shape index (κ2) is 9.79. The SMILES string of the molecule is c1ccc(-c2cc(-c3cccc4c3oc3ccccc34)nc(-c3cccc4c3c3ccccc3n4-c3ccccc3)n2)cc1. The van der Waals surface area contributed by atoms with E-state index in [1.54, 1.807) is 0 Å². The van der Waals surface area contributed by atoms with Crippen LogP contribution >= 0.6 is 0 Å².